The molecule has 1 aromatic rings. The van der Waals surface area contributed by atoms with Crippen LogP contribution in [-0.4, -0.2) is 17.9 Å². The third-order valence-corrected chi connectivity index (χ3v) is 2.84. The number of hydrogen-bond donors (Lipinski definition) is 2. The number of benzene rings is 1. The van der Waals surface area contributed by atoms with Gasteiger partial charge in [-0.15, -0.1) is 0 Å². The average molecular weight is 262 g/mol. The van der Waals surface area contributed by atoms with Gasteiger partial charge in [-0.1, -0.05) is 51.1 Å². The van der Waals surface area contributed by atoms with Crippen molar-refractivity contribution in [1.82, 2.24) is 10.6 Å². The van der Waals surface area contributed by atoms with Crippen LogP contribution in [0, 0.1) is 5.41 Å². The number of rotatable bonds is 4. The number of hydrogen-bond acceptors (Lipinski definition) is 2. The molecule has 2 amide bonds. The Hall–Kier alpha value is -1.84. The van der Waals surface area contributed by atoms with E-state index in [0.29, 0.717) is 6.54 Å². The molecule has 0 saturated carbocycles. The molecule has 1 unspecified atom stereocenters. The summed E-state index contributed by atoms with van der Waals surface area (Å²) in [4.78, 5) is 23.4. The van der Waals surface area contributed by atoms with Crippen LogP contribution in [0.1, 0.15) is 33.3 Å². The zero-order valence-corrected chi connectivity index (χ0v) is 12.0. The van der Waals surface area contributed by atoms with Gasteiger partial charge in [0.25, 0.3) is 0 Å². The van der Waals surface area contributed by atoms with Gasteiger partial charge in [0.15, 0.2) is 5.78 Å². The molecule has 0 bridgehead atoms. The Kier molecular flexibility index (Phi) is 5.10. The van der Waals surface area contributed by atoms with Gasteiger partial charge >= 0.3 is 6.03 Å². The van der Waals surface area contributed by atoms with E-state index in [0.717, 1.165) is 5.56 Å². The topological polar surface area (TPSA) is 58.2 Å². The molecule has 0 saturated heterocycles. The van der Waals surface area contributed by atoms with E-state index >= 15 is 0 Å². The van der Waals surface area contributed by atoms with Crippen molar-refractivity contribution >= 4 is 11.8 Å². The first kappa shape index (κ1) is 15.2. The summed E-state index contributed by atoms with van der Waals surface area (Å²) in [5.41, 5.74) is 0.725. The molecule has 0 aromatic heterocycles. The van der Waals surface area contributed by atoms with E-state index in [9.17, 15) is 9.59 Å². The van der Waals surface area contributed by atoms with Crippen LogP contribution in [0.3, 0.4) is 0 Å². The molecule has 0 aliphatic heterocycles. The summed E-state index contributed by atoms with van der Waals surface area (Å²) < 4.78 is 0. The van der Waals surface area contributed by atoms with Crippen molar-refractivity contribution in [2.24, 2.45) is 5.41 Å². The molecule has 1 atom stereocenters. The maximum atomic E-state index is 11.8. The molecular formula is C15H22N2O2. The Morgan fingerprint density at radius 3 is 2.21 bits per heavy atom. The molecule has 104 valence electrons. The van der Waals surface area contributed by atoms with Gasteiger partial charge < -0.3 is 10.6 Å². The maximum Gasteiger partial charge on any atom is 0.315 e. The van der Waals surface area contributed by atoms with Gasteiger partial charge in [0.05, 0.1) is 6.04 Å². The predicted octanol–water partition coefficient (Wildman–Crippen LogP) is 2.49. The standard InChI is InChI=1S/C15H22N2O2/c1-11(18)13(15(2,3)4)17-14(19)16-10-12-8-6-5-7-9-12/h5-9,13H,10H2,1-4H3,(H2,16,17,19). The summed E-state index contributed by atoms with van der Waals surface area (Å²) in [6.45, 7) is 7.72. The fourth-order valence-electron chi connectivity index (χ4n) is 1.89. The van der Waals surface area contributed by atoms with Crippen LogP contribution in [0.25, 0.3) is 0 Å². The monoisotopic (exact) mass is 262 g/mol. The average Bonchev–Trinajstić information content (AvgIpc) is 2.33. The second kappa shape index (κ2) is 6.36. The van der Waals surface area contributed by atoms with E-state index in [4.69, 9.17) is 0 Å². The molecule has 0 fully saturated rings. The van der Waals surface area contributed by atoms with Crippen molar-refractivity contribution in [2.45, 2.75) is 40.3 Å². The van der Waals surface area contributed by atoms with Crippen LogP contribution >= 0.6 is 0 Å². The first-order valence-electron chi connectivity index (χ1n) is 6.39. The summed E-state index contributed by atoms with van der Waals surface area (Å²) in [5, 5.41) is 5.48. The third-order valence-electron chi connectivity index (χ3n) is 2.84. The number of ketones is 1. The Balaban J connectivity index is 2.52. The summed E-state index contributed by atoms with van der Waals surface area (Å²) in [5.74, 6) is -0.0395. The van der Waals surface area contributed by atoms with Crippen LogP contribution in [0.2, 0.25) is 0 Å². The molecule has 4 nitrogen and oxygen atoms in total. The molecular weight excluding hydrogens is 240 g/mol. The Labute approximate surface area is 114 Å². The minimum atomic E-state index is -0.483. The Morgan fingerprint density at radius 2 is 1.74 bits per heavy atom. The van der Waals surface area contributed by atoms with Gasteiger partial charge in [-0.25, -0.2) is 4.79 Å². The van der Waals surface area contributed by atoms with Crippen molar-refractivity contribution in [3.63, 3.8) is 0 Å². The maximum absolute atomic E-state index is 11.8. The minimum Gasteiger partial charge on any atom is -0.334 e. The molecule has 0 heterocycles. The molecule has 1 rings (SSSR count). The number of carbonyl (C=O) groups is 2. The van der Waals surface area contributed by atoms with E-state index in [-0.39, 0.29) is 17.2 Å². The van der Waals surface area contributed by atoms with Crippen LogP contribution in [0.15, 0.2) is 30.3 Å². The summed E-state index contributed by atoms with van der Waals surface area (Å²) in [6.07, 6.45) is 0. The van der Waals surface area contributed by atoms with Gasteiger partial charge in [-0.3, -0.25) is 4.79 Å². The number of urea groups is 1. The van der Waals surface area contributed by atoms with Crippen LogP contribution < -0.4 is 10.6 Å². The van der Waals surface area contributed by atoms with E-state index in [1.165, 1.54) is 6.92 Å². The molecule has 0 spiro atoms. The highest BCUT2D eigenvalue weighted by Gasteiger charge is 2.29. The van der Waals surface area contributed by atoms with Crippen molar-refractivity contribution in [1.29, 1.82) is 0 Å². The normalized spacial score (nSPS) is 12.6. The second-order valence-electron chi connectivity index (χ2n) is 5.72. The van der Waals surface area contributed by atoms with E-state index in [1.54, 1.807) is 0 Å². The van der Waals surface area contributed by atoms with Crippen molar-refractivity contribution in [3.8, 4) is 0 Å². The second-order valence-corrected chi connectivity index (χ2v) is 5.72. The molecule has 1 aromatic carbocycles. The van der Waals surface area contributed by atoms with Crippen molar-refractivity contribution < 1.29 is 9.59 Å². The number of carbonyl (C=O) groups excluding carboxylic acids is 2. The lowest BCUT2D eigenvalue weighted by Crippen LogP contribution is -2.51. The molecule has 19 heavy (non-hydrogen) atoms. The molecule has 0 aliphatic rings. The highest BCUT2D eigenvalue weighted by atomic mass is 16.2. The lowest BCUT2D eigenvalue weighted by molar-refractivity contribution is -0.121. The van der Waals surface area contributed by atoms with Crippen LogP contribution in [-0.2, 0) is 11.3 Å². The first-order chi connectivity index (χ1) is 8.80. The molecule has 4 heteroatoms. The quantitative estimate of drug-likeness (QED) is 0.876. The van der Waals surface area contributed by atoms with Crippen molar-refractivity contribution in [2.75, 3.05) is 0 Å². The molecule has 0 radical (unpaired) electrons. The lowest BCUT2D eigenvalue weighted by Gasteiger charge is -2.29. The van der Waals surface area contributed by atoms with Crippen LogP contribution in [0.5, 0.6) is 0 Å². The SMILES string of the molecule is CC(=O)C(NC(=O)NCc1ccccc1)C(C)(C)C. The summed E-state index contributed by atoms with van der Waals surface area (Å²) in [7, 11) is 0. The van der Waals surface area contributed by atoms with E-state index < -0.39 is 6.04 Å². The van der Waals surface area contributed by atoms with Gasteiger partial charge in [-0.05, 0) is 17.9 Å². The zero-order valence-electron chi connectivity index (χ0n) is 12.0. The number of amides is 2. The van der Waals surface area contributed by atoms with Crippen LogP contribution in [0.4, 0.5) is 4.79 Å². The largest absolute Gasteiger partial charge is 0.334 e. The van der Waals surface area contributed by atoms with Gasteiger partial charge in [0, 0.05) is 6.54 Å². The van der Waals surface area contributed by atoms with Gasteiger partial charge in [0.2, 0.25) is 0 Å². The zero-order chi connectivity index (χ0) is 14.5. The third kappa shape index (κ3) is 5.12. The van der Waals surface area contributed by atoms with Gasteiger partial charge in [0.1, 0.15) is 0 Å². The van der Waals surface area contributed by atoms with E-state index in [2.05, 4.69) is 10.6 Å². The summed E-state index contributed by atoms with van der Waals surface area (Å²) in [6, 6.07) is 8.83. The Morgan fingerprint density at radius 1 is 1.16 bits per heavy atom. The molecule has 2 N–H and O–H groups in total. The first-order valence-corrected chi connectivity index (χ1v) is 6.39. The van der Waals surface area contributed by atoms with Gasteiger partial charge in [-0.2, -0.15) is 0 Å². The fourth-order valence-corrected chi connectivity index (χ4v) is 1.89. The predicted molar refractivity (Wildman–Crippen MR) is 75.7 cm³/mol. The highest BCUT2D eigenvalue weighted by molar-refractivity contribution is 5.87. The fraction of sp³-hybridized carbons (Fsp3) is 0.467. The highest BCUT2D eigenvalue weighted by Crippen LogP contribution is 2.19. The van der Waals surface area contributed by atoms with E-state index in [1.807, 2.05) is 51.1 Å². The minimum absolute atomic E-state index is 0.0395. The summed E-state index contributed by atoms with van der Waals surface area (Å²) >= 11 is 0. The Bertz CT molecular complexity index is 435. The number of Topliss-reactive ketones (excluding diaryl/α,β-unsaturated/α-hetero) is 1. The number of nitrogens with one attached hydrogen (secondary N) is 2. The smallest absolute Gasteiger partial charge is 0.315 e. The van der Waals surface area contributed by atoms with Crippen molar-refractivity contribution in [3.05, 3.63) is 35.9 Å². The molecule has 0 aliphatic carbocycles. The lowest BCUT2D eigenvalue weighted by atomic mass is 9.84.